The highest BCUT2D eigenvalue weighted by molar-refractivity contribution is 6.24. The maximum Gasteiger partial charge on any atom is 0.319 e. The number of carbonyl (C=O) groups excluding carboxylic acids is 3. The molecule has 4 aromatic rings. The Labute approximate surface area is 234 Å². The summed E-state index contributed by atoms with van der Waals surface area (Å²) in [4.78, 5) is 43.3. The van der Waals surface area contributed by atoms with Crippen LogP contribution in [0.1, 0.15) is 17.0 Å². The summed E-state index contributed by atoms with van der Waals surface area (Å²) in [5.74, 6) is -2.19. The SMILES string of the molecule is COc1ccc(N2C(=O)[C@@H]3[C@@H]4C(=O)Oc5c(ccc6ccccc56)C4=C[C@H](c4ccc5c(c4)OCO5)[C@H]3C2=O)cc1. The van der Waals surface area contributed by atoms with E-state index in [1.807, 2.05) is 60.7 Å². The number of nitrogens with zero attached hydrogens (tertiary/aromatic N) is 1. The van der Waals surface area contributed by atoms with Crippen molar-refractivity contribution in [1.82, 2.24) is 0 Å². The number of amides is 2. The van der Waals surface area contributed by atoms with E-state index in [0.29, 0.717) is 34.3 Å². The average molecular weight is 546 g/mol. The molecule has 0 radical (unpaired) electrons. The summed E-state index contributed by atoms with van der Waals surface area (Å²) in [6, 6.07) is 23.9. The van der Waals surface area contributed by atoms with Crippen LogP contribution in [0.5, 0.6) is 23.0 Å². The summed E-state index contributed by atoms with van der Waals surface area (Å²) < 4.78 is 22.4. The number of ether oxygens (including phenoxy) is 4. The molecule has 2 amide bonds. The highest BCUT2D eigenvalue weighted by Crippen LogP contribution is 2.56. The molecule has 0 unspecified atom stereocenters. The topological polar surface area (TPSA) is 91.4 Å². The molecule has 0 aromatic heterocycles. The van der Waals surface area contributed by atoms with E-state index in [1.54, 1.807) is 31.4 Å². The molecular formula is C33H23NO7. The highest BCUT2D eigenvalue weighted by Gasteiger charge is 2.60. The van der Waals surface area contributed by atoms with Gasteiger partial charge in [-0.1, -0.05) is 48.5 Å². The predicted octanol–water partition coefficient (Wildman–Crippen LogP) is 5.10. The van der Waals surface area contributed by atoms with E-state index in [-0.39, 0.29) is 12.7 Å². The van der Waals surface area contributed by atoms with Crippen molar-refractivity contribution in [3.63, 3.8) is 0 Å². The molecule has 3 heterocycles. The zero-order chi connectivity index (χ0) is 27.8. The Morgan fingerprint density at radius 2 is 1.61 bits per heavy atom. The Bertz CT molecular complexity index is 1830. The number of imide groups is 1. The number of benzene rings is 4. The van der Waals surface area contributed by atoms with E-state index in [9.17, 15) is 14.4 Å². The summed E-state index contributed by atoms with van der Waals surface area (Å²) in [5.41, 5.74) is 2.68. The Morgan fingerprint density at radius 3 is 2.44 bits per heavy atom. The van der Waals surface area contributed by atoms with Crippen molar-refractivity contribution in [3.05, 3.63) is 96.1 Å². The van der Waals surface area contributed by atoms with Gasteiger partial charge in [0.1, 0.15) is 11.5 Å². The largest absolute Gasteiger partial charge is 0.497 e. The summed E-state index contributed by atoms with van der Waals surface area (Å²) in [6.45, 7) is 0.119. The number of esters is 1. The molecule has 1 fully saturated rings. The third kappa shape index (κ3) is 3.37. The molecule has 1 aliphatic carbocycles. The van der Waals surface area contributed by atoms with Gasteiger partial charge in [0.05, 0.1) is 30.6 Å². The van der Waals surface area contributed by atoms with Gasteiger partial charge in [0, 0.05) is 16.9 Å². The van der Waals surface area contributed by atoms with Crippen LogP contribution >= 0.6 is 0 Å². The Kier molecular flexibility index (Phi) is 5.04. The van der Waals surface area contributed by atoms with E-state index < -0.39 is 35.5 Å². The molecule has 4 atom stereocenters. The minimum absolute atomic E-state index is 0.119. The van der Waals surface area contributed by atoms with Crippen LogP contribution in [0.15, 0.2) is 84.9 Å². The monoisotopic (exact) mass is 545 g/mol. The zero-order valence-corrected chi connectivity index (χ0v) is 21.9. The second-order valence-electron chi connectivity index (χ2n) is 10.6. The minimum atomic E-state index is -0.938. The third-order valence-electron chi connectivity index (χ3n) is 8.60. The average Bonchev–Trinajstić information content (AvgIpc) is 3.58. The molecule has 0 saturated carbocycles. The summed E-state index contributed by atoms with van der Waals surface area (Å²) in [6.07, 6.45) is 1.97. The molecule has 0 spiro atoms. The van der Waals surface area contributed by atoms with Crippen LogP contribution in [0.4, 0.5) is 5.69 Å². The van der Waals surface area contributed by atoms with E-state index in [4.69, 9.17) is 18.9 Å². The van der Waals surface area contributed by atoms with Gasteiger partial charge >= 0.3 is 5.97 Å². The highest BCUT2D eigenvalue weighted by atomic mass is 16.7. The number of methoxy groups -OCH3 is 1. The van der Waals surface area contributed by atoms with Crippen molar-refractivity contribution in [2.45, 2.75) is 5.92 Å². The lowest BCUT2D eigenvalue weighted by atomic mass is 9.64. The second kappa shape index (κ2) is 8.69. The third-order valence-corrected chi connectivity index (χ3v) is 8.60. The van der Waals surface area contributed by atoms with Gasteiger partial charge in [-0.05, 0) is 52.9 Å². The second-order valence-corrected chi connectivity index (χ2v) is 10.6. The van der Waals surface area contributed by atoms with Gasteiger partial charge in [-0.15, -0.1) is 0 Å². The predicted molar refractivity (Wildman–Crippen MR) is 149 cm³/mol. The van der Waals surface area contributed by atoms with Gasteiger partial charge in [0.2, 0.25) is 18.6 Å². The molecule has 1 saturated heterocycles. The van der Waals surface area contributed by atoms with Gasteiger partial charge in [-0.25, -0.2) is 4.90 Å². The Morgan fingerprint density at radius 1 is 0.829 bits per heavy atom. The number of anilines is 1. The van der Waals surface area contributed by atoms with Crippen LogP contribution < -0.4 is 23.8 Å². The first-order valence-corrected chi connectivity index (χ1v) is 13.4. The van der Waals surface area contributed by atoms with Crippen LogP contribution in [0, 0.1) is 17.8 Å². The quantitative estimate of drug-likeness (QED) is 0.201. The maximum absolute atomic E-state index is 14.2. The number of hydrogen-bond acceptors (Lipinski definition) is 7. The van der Waals surface area contributed by atoms with Crippen molar-refractivity contribution in [1.29, 1.82) is 0 Å². The van der Waals surface area contributed by atoms with Crippen LogP contribution in [-0.2, 0) is 14.4 Å². The molecule has 8 nitrogen and oxygen atoms in total. The molecule has 8 heteroatoms. The normalized spacial score (nSPS) is 24.0. The minimum Gasteiger partial charge on any atom is -0.497 e. The molecule has 202 valence electrons. The molecule has 4 aromatic carbocycles. The lowest BCUT2D eigenvalue weighted by Crippen LogP contribution is -2.42. The van der Waals surface area contributed by atoms with Gasteiger partial charge in [-0.2, -0.15) is 0 Å². The number of allylic oxidation sites excluding steroid dienone is 1. The van der Waals surface area contributed by atoms with E-state index in [0.717, 1.165) is 21.9 Å². The summed E-state index contributed by atoms with van der Waals surface area (Å²) >= 11 is 0. The lowest BCUT2D eigenvalue weighted by molar-refractivity contribution is -0.142. The first kappa shape index (κ1) is 23.7. The molecule has 8 rings (SSSR count). The van der Waals surface area contributed by atoms with Crippen molar-refractivity contribution in [3.8, 4) is 23.0 Å². The van der Waals surface area contributed by atoms with E-state index in [2.05, 4.69) is 0 Å². The summed E-state index contributed by atoms with van der Waals surface area (Å²) in [5, 5.41) is 1.75. The smallest absolute Gasteiger partial charge is 0.319 e. The zero-order valence-electron chi connectivity index (χ0n) is 21.9. The van der Waals surface area contributed by atoms with Crippen molar-refractivity contribution in [2.24, 2.45) is 17.8 Å². The van der Waals surface area contributed by atoms with Crippen molar-refractivity contribution in [2.75, 3.05) is 18.8 Å². The van der Waals surface area contributed by atoms with E-state index in [1.165, 1.54) is 4.90 Å². The van der Waals surface area contributed by atoms with Crippen LogP contribution in [0.25, 0.3) is 16.3 Å². The number of hydrogen-bond donors (Lipinski definition) is 0. The van der Waals surface area contributed by atoms with E-state index >= 15 is 0 Å². The lowest BCUT2D eigenvalue weighted by Gasteiger charge is -2.38. The van der Waals surface area contributed by atoms with Gasteiger partial charge in [0.25, 0.3) is 0 Å². The van der Waals surface area contributed by atoms with Crippen LogP contribution in [0.3, 0.4) is 0 Å². The molecule has 0 N–H and O–H groups in total. The van der Waals surface area contributed by atoms with Crippen LogP contribution in [-0.4, -0.2) is 31.7 Å². The fourth-order valence-corrected chi connectivity index (χ4v) is 6.72. The molecule has 4 aliphatic rings. The molecule has 3 aliphatic heterocycles. The Hall–Kier alpha value is -5.11. The Balaban J connectivity index is 1.32. The van der Waals surface area contributed by atoms with Gasteiger partial charge in [0.15, 0.2) is 11.5 Å². The molecule has 41 heavy (non-hydrogen) atoms. The van der Waals surface area contributed by atoms with Gasteiger partial charge in [-0.3, -0.25) is 14.4 Å². The van der Waals surface area contributed by atoms with Crippen molar-refractivity contribution < 1.29 is 33.3 Å². The standard InChI is InChI=1S/C33H23NO7/c1-38-20-10-8-19(9-11-20)34-31(35)27-23(18-7-13-25-26(14-18)40-16-39-25)15-24-22-12-6-17-4-2-3-5-21(17)30(22)41-33(37)28(24)29(27)32(34)36/h2-15,23,27-29H,16H2,1H3/t23-,27-,28-,29+/m1/s1. The van der Waals surface area contributed by atoms with Crippen LogP contribution in [0.2, 0.25) is 0 Å². The fraction of sp³-hybridized carbons (Fsp3) is 0.182. The number of carbonyl (C=O) groups is 3. The maximum atomic E-state index is 14.2. The number of fused-ring (bicyclic) bond motifs is 8. The first-order valence-electron chi connectivity index (χ1n) is 13.4. The van der Waals surface area contributed by atoms with Gasteiger partial charge < -0.3 is 18.9 Å². The number of rotatable bonds is 3. The first-order chi connectivity index (χ1) is 20.0. The fourth-order valence-electron chi connectivity index (χ4n) is 6.72. The molecular weight excluding hydrogens is 522 g/mol. The molecule has 0 bridgehead atoms. The summed E-state index contributed by atoms with van der Waals surface area (Å²) in [7, 11) is 1.55. The van der Waals surface area contributed by atoms with Crippen molar-refractivity contribution >= 4 is 39.8 Å².